The van der Waals surface area contributed by atoms with Gasteiger partial charge >= 0.3 is 0 Å². The number of hydrogen-bond donors (Lipinski definition) is 0. The molecule has 1 atom stereocenters. The van der Waals surface area contributed by atoms with E-state index < -0.39 is 0 Å². The number of Topliss-reactive ketones (excluding diaryl/α,β-unsaturated/α-hetero) is 1. The number of amides is 1. The Hall–Kier alpha value is -1.68. The van der Waals surface area contributed by atoms with Crippen LogP contribution in [-0.4, -0.2) is 54.7 Å². The Morgan fingerprint density at radius 2 is 1.42 bits per heavy atom. The number of carbonyl (C=O) groups excluding carboxylic acids is 2. The number of rotatable bonds is 1. The Morgan fingerprint density at radius 1 is 0.885 bits per heavy atom. The van der Waals surface area contributed by atoms with Gasteiger partial charge in [-0.1, -0.05) is 65.8 Å². The third kappa shape index (κ3) is 6.56. The highest BCUT2D eigenvalue weighted by molar-refractivity contribution is 6.01. The zero-order valence-corrected chi connectivity index (χ0v) is 17.8. The Labute approximate surface area is 160 Å². The molecule has 0 bridgehead atoms. The topological polar surface area (TPSA) is 40.6 Å². The van der Waals surface area contributed by atoms with Gasteiger partial charge in [-0.25, -0.2) is 0 Å². The Balaban J connectivity index is 0.000000948. The minimum Gasteiger partial charge on any atom is -0.340 e. The average molecular weight is 363 g/mol. The van der Waals surface area contributed by atoms with E-state index in [1.54, 1.807) is 0 Å². The molecular weight excluding hydrogens is 324 g/mol. The van der Waals surface area contributed by atoms with Crippen molar-refractivity contribution in [2.24, 2.45) is 5.92 Å². The van der Waals surface area contributed by atoms with Gasteiger partial charge in [0.1, 0.15) is 0 Å². The predicted octanol–water partition coefficient (Wildman–Crippen LogP) is 4.28. The molecule has 26 heavy (non-hydrogen) atoms. The molecule has 1 fully saturated rings. The van der Waals surface area contributed by atoms with E-state index >= 15 is 0 Å². The third-order valence-electron chi connectivity index (χ3n) is 4.38. The molecule has 148 valence electrons. The summed E-state index contributed by atoms with van der Waals surface area (Å²) in [4.78, 5) is 28.9. The molecule has 0 aromatic heterocycles. The number of piperazine rings is 1. The van der Waals surface area contributed by atoms with Crippen LogP contribution in [0, 0.1) is 5.92 Å². The molecule has 1 aromatic rings. The molecular formula is C22H38N2O2. The molecule has 1 amide bonds. The van der Waals surface area contributed by atoms with Gasteiger partial charge in [-0.3, -0.25) is 9.59 Å². The number of likely N-dealkylation sites (N-methyl/N-ethyl adjacent to an activating group) is 1. The van der Waals surface area contributed by atoms with Gasteiger partial charge in [0.15, 0.2) is 5.78 Å². The minimum atomic E-state index is -0.166. The molecule has 1 aliphatic carbocycles. The van der Waals surface area contributed by atoms with E-state index in [1.165, 1.54) is 0 Å². The lowest BCUT2D eigenvalue weighted by Gasteiger charge is -2.35. The monoisotopic (exact) mass is 362 g/mol. The normalized spacial score (nSPS) is 18.8. The van der Waals surface area contributed by atoms with E-state index in [1.807, 2.05) is 70.7 Å². The summed E-state index contributed by atoms with van der Waals surface area (Å²) in [5.74, 6) is 0.0982. The first-order valence-electron chi connectivity index (χ1n) is 10.2. The SMILES string of the molecule is CC.CC.CC.CN1CCN(C(=O)C2CC(=O)c3ccccc3C2)CC1. The summed E-state index contributed by atoms with van der Waals surface area (Å²) >= 11 is 0. The van der Waals surface area contributed by atoms with Crippen molar-refractivity contribution >= 4 is 11.7 Å². The van der Waals surface area contributed by atoms with Crippen LogP contribution in [-0.2, 0) is 11.2 Å². The molecule has 1 heterocycles. The van der Waals surface area contributed by atoms with Crippen molar-refractivity contribution in [3.8, 4) is 0 Å². The molecule has 0 N–H and O–H groups in total. The number of benzene rings is 1. The fourth-order valence-corrected chi connectivity index (χ4v) is 3.10. The molecule has 1 aliphatic heterocycles. The highest BCUT2D eigenvalue weighted by Gasteiger charge is 2.33. The average Bonchev–Trinajstić information content (AvgIpc) is 2.72. The Bertz CT molecular complexity index is 535. The summed E-state index contributed by atoms with van der Waals surface area (Å²) in [7, 11) is 2.07. The maximum atomic E-state index is 12.6. The summed E-state index contributed by atoms with van der Waals surface area (Å²) in [5, 5.41) is 0. The van der Waals surface area contributed by atoms with Crippen LogP contribution in [0.25, 0.3) is 0 Å². The van der Waals surface area contributed by atoms with Crippen molar-refractivity contribution in [2.45, 2.75) is 54.4 Å². The third-order valence-corrected chi connectivity index (χ3v) is 4.38. The van der Waals surface area contributed by atoms with E-state index in [9.17, 15) is 9.59 Å². The number of hydrogen-bond acceptors (Lipinski definition) is 3. The van der Waals surface area contributed by atoms with Gasteiger partial charge in [-0.2, -0.15) is 0 Å². The van der Waals surface area contributed by atoms with E-state index in [-0.39, 0.29) is 17.6 Å². The van der Waals surface area contributed by atoms with Crippen LogP contribution in [0.1, 0.15) is 63.9 Å². The summed E-state index contributed by atoms with van der Waals surface area (Å²) in [5.41, 5.74) is 1.83. The van der Waals surface area contributed by atoms with Crippen LogP contribution >= 0.6 is 0 Å². The molecule has 3 rings (SSSR count). The second kappa shape index (κ2) is 13.5. The van der Waals surface area contributed by atoms with Crippen LogP contribution in [0.15, 0.2) is 24.3 Å². The first-order valence-corrected chi connectivity index (χ1v) is 10.2. The van der Waals surface area contributed by atoms with E-state index in [0.717, 1.165) is 37.3 Å². The van der Waals surface area contributed by atoms with Crippen molar-refractivity contribution < 1.29 is 9.59 Å². The summed E-state index contributed by atoms with van der Waals surface area (Å²) in [6, 6.07) is 7.67. The first kappa shape index (κ1) is 24.3. The van der Waals surface area contributed by atoms with Crippen molar-refractivity contribution in [1.29, 1.82) is 0 Å². The number of fused-ring (bicyclic) bond motifs is 1. The fraction of sp³-hybridized carbons (Fsp3) is 0.636. The molecule has 0 saturated carbocycles. The number of carbonyl (C=O) groups is 2. The lowest BCUT2D eigenvalue weighted by Crippen LogP contribution is -2.50. The molecule has 0 radical (unpaired) electrons. The van der Waals surface area contributed by atoms with Crippen molar-refractivity contribution in [3.05, 3.63) is 35.4 Å². The van der Waals surface area contributed by atoms with Crippen LogP contribution in [0.3, 0.4) is 0 Å². The summed E-state index contributed by atoms with van der Waals surface area (Å²) < 4.78 is 0. The first-order chi connectivity index (χ1) is 12.6. The van der Waals surface area contributed by atoms with Crippen LogP contribution in [0.2, 0.25) is 0 Å². The molecule has 2 aliphatic rings. The highest BCUT2D eigenvalue weighted by Crippen LogP contribution is 2.27. The molecule has 1 saturated heterocycles. The van der Waals surface area contributed by atoms with Gasteiger partial charge in [0.05, 0.1) is 0 Å². The quantitative estimate of drug-likeness (QED) is 0.748. The molecule has 4 heteroatoms. The highest BCUT2D eigenvalue weighted by atomic mass is 16.2. The van der Waals surface area contributed by atoms with Crippen LogP contribution < -0.4 is 0 Å². The zero-order valence-electron chi connectivity index (χ0n) is 17.8. The van der Waals surface area contributed by atoms with Crippen molar-refractivity contribution in [3.63, 3.8) is 0 Å². The summed E-state index contributed by atoms with van der Waals surface area (Å²) in [6.07, 6.45) is 1.06. The predicted molar refractivity (Wildman–Crippen MR) is 111 cm³/mol. The largest absolute Gasteiger partial charge is 0.340 e. The molecule has 4 nitrogen and oxygen atoms in total. The van der Waals surface area contributed by atoms with E-state index in [4.69, 9.17) is 0 Å². The minimum absolute atomic E-state index is 0.110. The Morgan fingerprint density at radius 3 is 2.00 bits per heavy atom. The maximum absolute atomic E-state index is 12.6. The van der Waals surface area contributed by atoms with Gasteiger partial charge in [-0.15, -0.1) is 0 Å². The molecule has 1 unspecified atom stereocenters. The smallest absolute Gasteiger partial charge is 0.226 e. The van der Waals surface area contributed by atoms with Gasteiger partial charge in [0, 0.05) is 44.1 Å². The fourth-order valence-electron chi connectivity index (χ4n) is 3.10. The van der Waals surface area contributed by atoms with Crippen LogP contribution in [0.5, 0.6) is 0 Å². The van der Waals surface area contributed by atoms with Gasteiger partial charge in [0.25, 0.3) is 0 Å². The number of nitrogens with zero attached hydrogens (tertiary/aromatic N) is 2. The van der Waals surface area contributed by atoms with E-state index in [2.05, 4.69) is 11.9 Å². The lowest BCUT2D eigenvalue weighted by molar-refractivity contribution is -0.137. The van der Waals surface area contributed by atoms with Gasteiger partial charge < -0.3 is 9.80 Å². The van der Waals surface area contributed by atoms with Gasteiger partial charge in [-0.05, 0) is 19.0 Å². The lowest BCUT2D eigenvalue weighted by atomic mass is 9.82. The van der Waals surface area contributed by atoms with Gasteiger partial charge in [0.2, 0.25) is 5.91 Å². The maximum Gasteiger partial charge on any atom is 0.226 e. The second-order valence-electron chi connectivity index (χ2n) is 5.81. The standard InChI is InChI=1S/C16H20N2O2.3C2H6/c1-17-6-8-18(9-7-17)16(20)13-10-12-4-2-3-5-14(12)15(19)11-13;3*1-2/h2-5,13H,6-11H2,1H3;3*1-2H3. The summed E-state index contributed by atoms with van der Waals surface area (Å²) in [6.45, 7) is 15.4. The van der Waals surface area contributed by atoms with Crippen molar-refractivity contribution in [2.75, 3.05) is 33.2 Å². The van der Waals surface area contributed by atoms with Crippen LogP contribution in [0.4, 0.5) is 0 Å². The number of ketones is 1. The zero-order chi connectivity index (χ0) is 20.1. The second-order valence-corrected chi connectivity index (χ2v) is 5.81. The Kier molecular flexibility index (Phi) is 12.6. The van der Waals surface area contributed by atoms with Crippen molar-refractivity contribution in [1.82, 2.24) is 9.80 Å². The molecule has 1 aromatic carbocycles. The van der Waals surface area contributed by atoms with E-state index in [0.29, 0.717) is 12.8 Å². The molecule has 0 spiro atoms.